The molecule has 0 unspecified atom stereocenters. The van der Waals surface area contributed by atoms with Crippen molar-refractivity contribution < 1.29 is 31.9 Å². The van der Waals surface area contributed by atoms with Crippen molar-refractivity contribution in [3.05, 3.63) is 88.0 Å². The zero-order chi connectivity index (χ0) is 22.8. The third-order valence-electron chi connectivity index (χ3n) is 4.17. The van der Waals surface area contributed by atoms with Gasteiger partial charge in [0.25, 0.3) is 5.91 Å². The predicted octanol–water partition coefficient (Wildman–Crippen LogP) is 5.21. The first-order chi connectivity index (χ1) is 14.6. The minimum Gasteiger partial charge on any atom is -0.455 e. The number of amides is 1. The van der Waals surface area contributed by atoms with Crippen molar-refractivity contribution in [3.8, 4) is 11.5 Å². The molecule has 0 saturated heterocycles. The van der Waals surface area contributed by atoms with Crippen molar-refractivity contribution in [2.45, 2.75) is 12.6 Å². The molecule has 0 spiro atoms. The SMILES string of the molecule is NC(=O)c1ccc(CC(=O)c2c(Oc3ccc(F)cc3Cl)cccc2C(F)(F)F)cn1. The van der Waals surface area contributed by atoms with Gasteiger partial charge in [-0.1, -0.05) is 23.7 Å². The van der Waals surface area contributed by atoms with Crippen molar-refractivity contribution in [2.75, 3.05) is 0 Å². The van der Waals surface area contributed by atoms with Crippen LogP contribution in [0.4, 0.5) is 17.6 Å². The number of Topliss-reactive ketones (excluding diaryl/α,β-unsaturated/α-hetero) is 1. The molecule has 0 aliphatic carbocycles. The highest BCUT2D eigenvalue weighted by molar-refractivity contribution is 6.32. The Morgan fingerprint density at radius 2 is 1.81 bits per heavy atom. The van der Waals surface area contributed by atoms with Crippen LogP contribution in [0.1, 0.15) is 32.0 Å². The monoisotopic (exact) mass is 452 g/mol. The van der Waals surface area contributed by atoms with Gasteiger partial charge in [-0.3, -0.25) is 14.6 Å². The summed E-state index contributed by atoms with van der Waals surface area (Å²) in [5.74, 6) is -2.87. The van der Waals surface area contributed by atoms with E-state index in [0.717, 1.165) is 30.3 Å². The van der Waals surface area contributed by atoms with Gasteiger partial charge >= 0.3 is 6.18 Å². The van der Waals surface area contributed by atoms with E-state index >= 15 is 0 Å². The van der Waals surface area contributed by atoms with Crippen LogP contribution in [0.3, 0.4) is 0 Å². The molecule has 0 radical (unpaired) electrons. The normalized spacial score (nSPS) is 11.3. The molecule has 3 aromatic rings. The molecule has 0 atom stereocenters. The summed E-state index contributed by atoms with van der Waals surface area (Å²) in [4.78, 5) is 27.7. The van der Waals surface area contributed by atoms with Crippen LogP contribution in [0.25, 0.3) is 0 Å². The highest BCUT2D eigenvalue weighted by atomic mass is 35.5. The molecule has 0 fully saturated rings. The second-order valence-electron chi connectivity index (χ2n) is 6.37. The minimum atomic E-state index is -4.84. The Balaban J connectivity index is 2.01. The lowest BCUT2D eigenvalue weighted by Gasteiger charge is -2.17. The maximum Gasteiger partial charge on any atom is 0.417 e. The number of carbonyl (C=O) groups excluding carboxylic acids is 2. The number of benzene rings is 2. The highest BCUT2D eigenvalue weighted by Crippen LogP contribution is 2.39. The number of ketones is 1. The zero-order valence-corrected chi connectivity index (χ0v) is 16.3. The first kappa shape index (κ1) is 22.2. The summed E-state index contributed by atoms with van der Waals surface area (Å²) in [6.07, 6.45) is -4.12. The molecule has 1 heterocycles. The largest absolute Gasteiger partial charge is 0.455 e. The number of nitrogens with zero attached hydrogens (tertiary/aromatic N) is 1. The van der Waals surface area contributed by atoms with Gasteiger partial charge in [0.15, 0.2) is 5.78 Å². The van der Waals surface area contributed by atoms with E-state index in [-0.39, 0.29) is 22.0 Å². The first-order valence-electron chi connectivity index (χ1n) is 8.67. The van der Waals surface area contributed by atoms with Crippen molar-refractivity contribution in [1.82, 2.24) is 4.98 Å². The molecule has 2 aromatic carbocycles. The van der Waals surface area contributed by atoms with Gasteiger partial charge in [-0.15, -0.1) is 0 Å². The summed E-state index contributed by atoms with van der Waals surface area (Å²) >= 11 is 5.89. The van der Waals surface area contributed by atoms with Crippen molar-refractivity contribution in [2.24, 2.45) is 5.73 Å². The molecule has 5 nitrogen and oxygen atoms in total. The molecule has 3 rings (SSSR count). The van der Waals surface area contributed by atoms with E-state index < -0.39 is 47.0 Å². The summed E-state index contributed by atoms with van der Waals surface area (Å²) in [7, 11) is 0. The Hall–Kier alpha value is -3.46. The van der Waals surface area contributed by atoms with E-state index in [9.17, 15) is 27.2 Å². The molecule has 10 heteroatoms. The molecule has 0 bridgehead atoms. The Kier molecular flexibility index (Phi) is 6.26. The standard InChI is InChI=1S/C21H13ClF4N2O3/c22-14-9-12(23)5-7-17(14)31-18-3-1-2-13(21(24,25)26)19(18)16(29)8-11-4-6-15(20(27)30)28-10-11/h1-7,9-10H,8H2,(H2,27,30). The lowest BCUT2D eigenvalue weighted by Crippen LogP contribution is -2.16. The van der Waals surface area contributed by atoms with Crippen LogP contribution in [0.2, 0.25) is 5.02 Å². The number of hydrogen-bond acceptors (Lipinski definition) is 4. The van der Waals surface area contributed by atoms with E-state index in [1.165, 1.54) is 24.4 Å². The summed E-state index contributed by atoms with van der Waals surface area (Å²) in [6.45, 7) is 0. The second kappa shape index (κ2) is 8.73. The van der Waals surface area contributed by atoms with Gasteiger partial charge in [-0.25, -0.2) is 4.39 Å². The zero-order valence-electron chi connectivity index (χ0n) is 15.5. The number of alkyl halides is 3. The van der Waals surface area contributed by atoms with Crippen LogP contribution < -0.4 is 10.5 Å². The predicted molar refractivity (Wildman–Crippen MR) is 104 cm³/mol. The van der Waals surface area contributed by atoms with Crippen LogP contribution in [0.5, 0.6) is 11.5 Å². The third-order valence-corrected chi connectivity index (χ3v) is 4.46. The fourth-order valence-electron chi connectivity index (χ4n) is 2.77. The smallest absolute Gasteiger partial charge is 0.417 e. The Bertz CT molecular complexity index is 1150. The fraction of sp³-hybridized carbons (Fsp3) is 0.0952. The maximum absolute atomic E-state index is 13.6. The molecule has 0 saturated carbocycles. The van der Waals surface area contributed by atoms with E-state index in [4.69, 9.17) is 22.1 Å². The molecule has 0 aliphatic heterocycles. The minimum absolute atomic E-state index is 0.0538. The Morgan fingerprint density at radius 3 is 2.39 bits per heavy atom. The van der Waals surface area contributed by atoms with Crippen LogP contribution in [-0.4, -0.2) is 16.7 Å². The Morgan fingerprint density at radius 1 is 1.06 bits per heavy atom. The molecule has 160 valence electrons. The summed E-state index contributed by atoms with van der Waals surface area (Å²) in [5, 5.41) is -0.179. The van der Waals surface area contributed by atoms with Gasteiger partial charge < -0.3 is 10.5 Å². The van der Waals surface area contributed by atoms with E-state index in [2.05, 4.69) is 4.98 Å². The number of primary amides is 1. The Labute approximate surface area is 178 Å². The number of nitrogens with two attached hydrogens (primary N) is 1. The lowest BCUT2D eigenvalue weighted by atomic mass is 9.97. The highest BCUT2D eigenvalue weighted by Gasteiger charge is 2.37. The van der Waals surface area contributed by atoms with Crippen LogP contribution in [0, 0.1) is 5.82 Å². The quantitative estimate of drug-likeness (QED) is 0.411. The maximum atomic E-state index is 13.6. The number of rotatable bonds is 6. The van der Waals surface area contributed by atoms with Crippen molar-refractivity contribution in [3.63, 3.8) is 0 Å². The number of hydrogen-bond donors (Lipinski definition) is 1. The van der Waals surface area contributed by atoms with Crippen LogP contribution in [0.15, 0.2) is 54.7 Å². The number of aromatic nitrogens is 1. The average molecular weight is 453 g/mol. The fourth-order valence-corrected chi connectivity index (χ4v) is 2.97. The van der Waals surface area contributed by atoms with Gasteiger partial charge in [0, 0.05) is 12.6 Å². The summed E-state index contributed by atoms with van der Waals surface area (Å²) in [5.41, 5.74) is 3.39. The molecule has 1 amide bonds. The van der Waals surface area contributed by atoms with E-state index in [0.29, 0.717) is 0 Å². The van der Waals surface area contributed by atoms with Crippen LogP contribution in [-0.2, 0) is 12.6 Å². The van der Waals surface area contributed by atoms with Crippen LogP contribution >= 0.6 is 11.6 Å². The molecular formula is C21H13ClF4N2O3. The first-order valence-corrected chi connectivity index (χ1v) is 9.05. The number of carbonyl (C=O) groups is 2. The van der Waals surface area contributed by atoms with Gasteiger partial charge in [-0.2, -0.15) is 13.2 Å². The third kappa shape index (κ3) is 5.18. The molecule has 31 heavy (non-hydrogen) atoms. The second-order valence-corrected chi connectivity index (χ2v) is 6.78. The van der Waals surface area contributed by atoms with Crippen molar-refractivity contribution in [1.29, 1.82) is 0 Å². The van der Waals surface area contributed by atoms with Gasteiger partial charge in [-0.05, 0) is 42.0 Å². The molecule has 2 N–H and O–H groups in total. The number of ether oxygens (including phenoxy) is 1. The lowest BCUT2D eigenvalue weighted by molar-refractivity contribution is -0.138. The van der Waals surface area contributed by atoms with Gasteiger partial charge in [0.05, 0.1) is 16.1 Å². The molecule has 1 aromatic heterocycles. The summed E-state index contributed by atoms with van der Waals surface area (Å²) < 4.78 is 59.5. The van der Waals surface area contributed by atoms with E-state index in [1.54, 1.807) is 0 Å². The molecule has 0 aliphatic rings. The van der Waals surface area contributed by atoms with E-state index in [1.807, 2.05) is 0 Å². The number of pyridine rings is 1. The van der Waals surface area contributed by atoms with Crippen molar-refractivity contribution >= 4 is 23.3 Å². The molecular weight excluding hydrogens is 440 g/mol. The number of halogens is 5. The van der Waals surface area contributed by atoms with Gasteiger partial charge in [0.2, 0.25) is 0 Å². The average Bonchev–Trinajstić information content (AvgIpc) is 2.69. The summed E-state index contributed by atoms with van der Waals surface area (Å²) in [6, 6.07) is 8.71. The van der Waals surface area contributed by atoms with Gasteiger partial charge in [0.1, 0.15) is 23.0 Å². The topological polar surface area (TPSA) is 82.3 Å².